The van der Waals surface area contributed by atoms with E-state index in [0.29, 0.717) is 10.8 Å². The number of amides is 1. The van der Waals surface area contributed by atoms with E-state index in [1.165, 1.54) is 18.2 Å². The fraction of sp³-hybridized carbons (Fsp3) is 0. The molecule has 160 valence electrons. The molecule has 0 spiro atoms. The van der Waals surface area contributed by atoms with Crippen molar-refractivity contribution in [2.75, 3.05) is 5.43 Å². The first kappa shape index (κ1) is 21.3. The first-order valence-electron chi connectivity index (χ1n) is 9.10. The van der Waals surface area contributed by atoms with Crippen LogP contribution in [-0.2, 0) is 0 Å². The smallest absolute Gasteiger partial charge is 0.374 e. The van der Waals surface area contributed by atoms with Crippen molar-refractivity contribution in [2.24, 2.45) is 0 Å². The van der Waals surface area contributed by atoms with Crippen LogP contribution in [0.2, 0.25) is 10.0 Å². The highest BCUT2D eigenvalue weighted by Crippen LogP contribution is 2.36. The Bertz CT molecular complexity index is 1340. The number of hydrazine groups is 1. The van der Waals surface area contributed by atoms with Gasteiger partial charge in [0.15, 0.2) is 0 Å². The van der Waals surface area contributed by atoms with Gasteiger partial charge in [-0.3, -0.25) is 25.8 Å². The summed E-state index contributed by atoms with van der Waals surface area (Å²) in [5, 5.41) is 13.9. The van der Waals surface area contributed by atoms with Gasteiger partial charge in [0.1, 0.15) is 12.1 Å². The second kappa shape index (κ2) is 9.04. The van der Waals surface area contributed by atoms with Crippen molar-refractivity contribution in [3.63, 3.8) is 0 Å². The number of anilines is 1. The van der Waals surface area contributed by atoms with Crippen LogP contribution in [0.25, 0.3) is 10.8 Å². The minimum atomic E-state index is -0.704. The van der Waals surface area contributed by atoms with Crippen molar-refractivity contribution in [1.29, 1.82) is 0 Å². The van der Waals surface area contributed by atoms with Crippen molar-refractivity contribution in [3.8, 4) is 11.6 Å². The Morgan fingerprint density at radius 1 is 1.03 bits per heavy atom. The lowest BCUT2D eigenvalue weighted by atomic mass is 10.1. The lowest BCUT2D eigenvalue weighted by molar-refractivity contribution is -0.385. The molecular formula is C21H13Cl2N5O4. The SMILES string of the molecule is O=C(NNc1ncnc(Oc2cccc3ccccc23)c1[N+](=O)[O-])c1ccc(Cl)cc1Cl. The van der Waals surface area contributed by atoms with E-state index in [1.807, 2.05) is 30.3 Å². The zero-order valence-corrected chi connectivity index (χ0v) is 17.6. The van der Waals surface area contributed by atoms with Crippen LogP contribution in [0.3, 0.4) is 0 Å². The predicted octanol–water partition coefficient (Wildman–Crippen LogP) is 5.39. The molecule has 0 aliphatic carbocycles. The second-order valence-electron chi connectivity index (χ2n) is 6.42. The number of nitrogens with zero attached hydrogens (tertiary/aromatic N) is 3. The average Bonchev–Trinajstić information content (AvgIpc) is 2.77. The molecule has 4 rings (SSSR count). The number of carbonyl (C=O) groups is 1. The van der Waals surface area contributed by atoms with Gasteiger partial charge in [-0.15, -0.1) is 0 Å². The standard InChI is InChI=1S/C21H13Cl2N5O4/c22-13-8-9-15(16(23)10-13)20(29)27-26-19-18(28(30)31)21(25-11-24-19)32-17-7-3-5-12-4-1-2-6-14(12)17/h1-11H,(H,27,29)(H,24,25,26). The number of nitrogens with one attached hydrogen (secondary N) is 2. The molecule has 4 aromatic rings. The quantitative estimate of drug-likeness (QED) is 0.286. The Balaban J connectivity index is 1.62. The number of nitro groups is 1. The van der Waals surface area contributed by atoms with Crippen LogP contribution in [-0.4, -0.2) is 20.8 Å². The number of aromatic nitrogens is 2. The second-order valence-corrected chi connectivity index (χ2v) is 7.26. The van der Waals surface area contributed by atoms with E-state index in [4.69, 9.17) is 27.9 Å². The van der Waals surface area contributed by atoms with Gasteiger partial charge in [0.25, 0.3) is 5.91 Å². The maximum absolute atomic E-state index is 12.4. The minimum Gasteiger partial charge on any atom is -0.433 e. The van der Waals surface area contributed by atoms with E-state index in [2.05, 4.69) is 20.8 Å². The molecule has 2 N–H and O–H groups in total. The van der Waals surface area contributed by atoms with Crippen LogP contribution < -0.4 is 15.6 Å². The average molecular weight is 470 g/mol. The number of carbonyl (C=O) groups excluding carboxylic acids is 1. The summed E-state index contributed by atoms with van der Waals surface area (Å²) in [4.78, 5) is 31.2. The molecule has 0 aliphatic rings. The van der Waals surface area contributed by atoms with Crippen molar-refractivity contribution in [3.05, 3.63) is 92.7 Å². The summed E-state index contributed by atoms with van der Waals surface area (Å²) in [5.74, 6) is -0.815. The van der Waals surface area contributed by atoms with Gasteiger partial charge in [-0.25, -0.2) is 4.98 Å². The van der Waals surface area contributed by atoms with Crippen molar-refractivity contribution in [1.82, 2.24) is 15.4 Å². The van der Waals surface area contributed by atoms with Gasteiger partial charge in [0.2, 0.25) is 5.82 Å². The summed E-state index contributed by atoms with van der Waals surface area (Å²) in [5.41, 5.74) is 4.32. The maximum Gasteiger partial charge on any atom is 0.374 e. The lowest BCUT2D eigenvalue weighted by Gasteiger charge is -2.12. The number of benzene rings is 3. The highest BCUT2D eigenvalue weighted by molar-refractivity contribution is 6.36. The highest BCUT2D eigenvalue weighted by Gasteiger charge is 2.26. The number of hydrogen-bond acceptors (Lipinski definition) is 7. The van der Waals surface area contributed by atoms with Gasteiger partial charge in [-0.05, 0) is 29.7 Å². The number of hydrogen-bond donors (Lipinski definition) is 2. The predicted molar refractivity (Wildman–Crippen MR) is 120 cm³/mol. The summed E-state index contributed by atoms with van der Waals surface area (Å²) in [6.07, 6.45) is 1.08. The Morgan fingerprint density at radius 3 is 2.59 bits per heavy atom. The van der Waals surface area contributed by atoms with Gasteiger partial charge in [-0.2, -0.15) is 4.98 Å². The van der Waals surface area contributed by atoms with E-state index in [0.717, 1.165) is 17.1 Å². The summed E-state index contributed by atoms with van der Waals surface area (Å²) in [7, 11) is 0. The van der Waals surface area contributed by atoms with Gasteiger partial charge in [-0.1, -0.05) is 59.6 Å². The van der Waals surface area contributed by atoms with Crippen LogP contribution in [0.5, 0.6) is 11.6 Å². The number of halogens is 2. The normalized spacial score (nSPS) is 10.6. The Morgan fingerprint density at radius 2 is 1.81 bits per heavy atom. The molecule has 0 radical (unpaired) electrons. The maximum atomic E-state index is 12.4. The molecule has 9 nitrogen and oxygen atoms in total. The van der Waals surface area contributed by atoms with Crippen molar-refractivity contribution in [2.45, 2.75) is 0 Å². The molecular weight excluding hydrogens is 457 g/mol. The van der Waals surface area contributed by atoms with E-state index >= 15 is 0 Å². The van der Waals surface area contributed by atoms with Crippen LogP contribution in [0.1, 0.15) is 10.4 Å². The number of ether oxygens (including phenoxy) is 1. The molecule has 0 saturated carbocycles. The molecule has 1 amide bonds. The van der Waals surface area contributed by atoms with E-state index in [9.17, 15) is 14.9 Å². The van der Waals surface area contributed by atoms with E-state index < -0.39 is 16.5 Å². The third-order valence-corrected chi connectivity index (χ3v) is 4.95. The summed E-state index contributed by atoms with van der Waals surface area (Å²) < 4.78 is 5.77. The minimum absolute atomic E-state index is 0.118. The van der Waals surface area contributed by atoms with E-state index in [1.54, 1.807) is 12.1 Å². The van der Waals surface area contributed by atoms with Gasteiger partial charge >= 0.3 is 11.6 Å². The molecule has 0 unspecified atom stereocenters. The first-order valence-corrected chi connectivity index (χ1v) is 9.86. The zero-order valence-electron chi connectivity index (χ0n) is 16.1. The Kier molecular flexibility index (Phi) is 6.02. The molecule has 32 heavy (non-hydrogen) atoms. The molecule has 0 atom stereocenters. The number of rotatable bonds is 6. The summed E-state index contributed by atoms with van der Waals surface area (Å²) in [6, 6.07) is 17.1. The largest absolute Gasteiger partial charge is 0.433 e. The monoisotopic (exact) mass is 469 g/mol. The van der Waals surface area contributed by atoms with Crippen molar-refractivity contribution < 1.29 is 14.5 Å². The Hall–Kier alpha value is -3.95. The van der Waals surface area contributed by atoms with Gasteiger partial charge in [0, 0.05) is 10.4 Å². The first-order chi connectivity index (χ1) is 15.4. The fourth-order valence-electron chi connectivity index (χ4n) is 2.94. The van der Waals surface area contributed by atoms with Crippen LogP contribution >= 0.6 is 23.2 Å². The zero-order chi connectivity index (χ0) is 22.7. The van der Waals surface area contributed by atoms with Crippen LogP contribution in [0.15, 0.2) is 67.0 Å². The third-order valence-electron chi connectivity index (χ3n) is 4.40. The fourth-order valence-corrected chi connectivity index (χ4v) is 3.43. The molecule has 3 aromatic carbocycles. The molecule has 0 fully saturated rings. The molecule has 0 saturated heterocycles. The van der Waals surface area contributed by atoms with Gasteiger partial charge in [0.05, 0.1) is 15.5 Å². The lowest BCUT2D eigenvalue weighted by Crippen LogP contribution is -2.30. The summed E-state index contributed by atoms with van der Waals surface area (Å²) >= 11 is 11.9. The van der Waals surface area contributed by atoms with Crippen LogP contribution in [0, 0.1) is 10.1 Å². The van der Waals surface area contributed by atoms with Gasteiger partial charge < -0.3 is 4.74 Å². The molecule has 0 bridgehead atoms. The van der Waals surface area contributed by atoms with E-state index in [-0.39, 0.29) is 22.3 Å². The van der Waals surface area contributed by atoms with Crippen LogP contribution in [0.4, 0.5) is 11.5 Å². The highest BCUT2D eigenvalue weighted by atomic mass is 35.5. The number of fused-ring (bicyclic) bond motifs is 1. The topological polar surface area (TPSA) is 119 Å². The molecule has 11 heteroatoms. The molecule has 1 aromatic heterocycles. The Labute approximate surface area is 191 Å². The van der Waals surface area contributed by atoms with Crippen molar-refractivity contribution >= 4 is 51.4 Å². The molecule has 1 heterocycles. The molecule has 0 aliphatic heterocycles. The third kappa shape index (κ3) is 4.39. The summed E-state index contributed by atoms with van der Waals surface area (Å²) in [6.45, 7) is 0.